The number of benzene rings is 1. The quantitative estimate of drug-likeness (QED) is 0.898. The third-order valence-corrected chi connectivity index (χ3v) is 4.06. The van der Waals surface area contributed by atoms with Crippen LogP contribution >= 0.6 is 12.4 Å². The Morgan fingerprint density at radius 2 is 1.95 bits per heavy atom. The van der Waals surface area contributed by atoms with Crippen LogP contribution in [0.1, 0.15) is 43.7 Å². The predicted octanol–water partition coefficient (Wildman–Crippen LogP) is 3.20. The van der Waals surface area contributed by atoms with E-state index in [0.29, 0.717) is 11.3 Å². The summed E-state index contributed by atoms with van der Waals surface area (Å²) < 4.78 is 18.9. The average Bonchev–Trinajstić information content (AvgIpc) is 2.47. The molecule has 0 bridgehead atoms. The Bertz CT molecular complexity index is 424. The Kier molecular flexibility index (Phi) is 6.72. The molecule has 0 unspecified atom stereocenters. The van der Waals surface area contributed by atoms with Gasteiger partial charge in [0.25, 0.3) is 0 Å². The maximum absolute atomic E-state index is 13.8. The number of hydrogen-bond donors (Lipinski definition) is 2. The average molecular weight is 304 g/mol. The lowest BCUT2D eigenvalue weighted by molar-refractivity contribution is 0.0607. The van der Waals surface area contributed by atoms with Crippen molar-refractivity contribution < 1.29 is 14.2 Å². The summed E-state index contributed by atoms with van der Waals surface area (Å²) in [5.74, 6) is 0.347. The Hall–Kier alpha value is -0.840. The van der Waals surface area contributed by atoms with Gasteiger partial charge in [0.15, 0.2) is 0 Å². The van der Waals surface area contributed by atoms with E-state index in [0.717, 1.165) is 25.7 Å². The van der Waals surface area contributed by atoms with Crippen molar-refractivity contribution in [1.82, 2.24) is 0 Å². The molecule has 3 N–H and O–H groups in total. The SMILES string of the molecule is COc1ccc(F)c([C@H](N)[C@H](O)C2CCCCC2)c1.Cl. The fraction of sp³-hybridized carbons (Fsp3) is 0.600. The second-order valence-electron chi connectivity index (χ2n) is 5.30. The molecular weight excluding hydrogens is 281 g/mol. The minimum Gasteiger partial charge on any atom is -0.497 e. The molecule has 1 aromatic carbocycles. The monoisotopic (exact) mass is 303 g/mol. The van der Waals surface area contributed by atoms with E-state index in [1.807, 2.05) is 0 Å². The van der Waals surface area contributed by atoms with Crippen LogP contribution in [0.25, 0.3) is 0 Å². The minimum absolute atomic E-state index is 0. The Morgan fingerprint density at radius 3 is 2.55 bits per heavy atom. The summed E-state index contributed by atoms with van der Waals surface area (Å²) in [6, 6.07) is 3.77. The van der Waals surface area contributed by atoms with Gasteiger partial charge in [0.1, 0.15) is 11.6 Å². The number of methoxy groups -OCH3 is 1. The molecule has 0 radical (unpaired) electrons. The highest BCUT2D eigenvalue weighted by molar-refractivity contribution is 5.85. The maximum Gasteiger partial charge on any atom is 0.128 e. The number of hydrogen-bond acceptors (Lipinski definition) is 3. The molecule has 0 heterocycles. The topological polar surface area (TPSA) is 55.5 Å². The first kappa shape index (κ1) is 17.2. The molecule has 5 heteroatoms. The molecule has 0 spiro atoms. The lowest BCUT2D eigenvalue weighted by Crippen LogP contribution is -2.34. The number of aliphatic hydroxyl groups excluding tert-OH is 1. The molecular formula is C15H23ClFNO2. The van der Waals surface area contributed by atoms with Gasteiger partial charge >= 0.3 is 0 Å². The van der Waals surface area contributed by atoms with Crippen LogP contribution in [0.4, 0.5) is 4.39 Å². The van der Waals surface area contributed by atoms with Gasteiger partial charge in [0.05, 0.1) is 19.3 Å². The van der Waals surface area contributed by atoms with Crippen LogP contribution in [-0.4, -0.2) is 18.3 Å². The summed E-state index contributed by atoms with van der Waals surface area (Å²) in [5, 5.41) is 10.4. The lowest BCUT2D eigenvalue weighted by Gasteiger charge is -2.30. The van der Waals surface area contributed by atoms with E-state index in [1.165, 1.54) is 19.6 Å². The predicted molar refractivity (Wildman–Crippen MR) is 79.7 cm³/mol. The van der Waals surface area contributed by atoms with E-state index < -0.39 is 12.1 Å². The first-order chi connectivity index (χ1) is 9.13. The fourth-order valence-electron chi connectivity index (χ4n) is 2.86. The fourth-order valence-corrected chi connectivity index (χ4v) is 2.86. The van der Waals surface area contributed by atoms with Crippen molar-refractivity contribution in [1.29, 1.82) is 0 Å². The van der Waals surface area contributed by atoms with E-state index >= 15 is 0 Å². The van der Waals surface area contributed by atoms with E-state index in [9.17, 15) is 9.50 Å². The zero-order valence-electron chi connectivity index (χ0n) is 11.7. The maximum atomic E-state index is 13.8. The molecule has 0 aromatic heterocycles. The van der Waals surface area contributed by atoms with Crippen molar-refractivity contribution in [3.05, 3.63) is 29.6 Å². The van der Waals surface area contributed by atoms with Gasteiger partial charge < -0.3 is 15.6 Å². The zero-order valence-corrected chi connectivity index (χ0v) is 12.5. The van der Waals surface area contributed by atoms with Crippen molar-refractivity contribution in [2.75, 3.05) is 7.11 Å². The largest absolute Gasteiger partial charge is 0.497 e. The second-order valence-corrected chi connectivity index (χ2v) is 5.30. The minimum atomic E-state index is -0.696. The lowest BCUT2D eigenvalue weighted by atomic mass is 9.81. The molecule has 2 rings (SSSR count). The van der Waals surface area contributed by atoms with Gasteiger partial charge in [-0.1, -0.05) is 19.3 Å². The normalized spacial score (nSPS) is 19.0. The highest BCUT2D eigenvalue weighted by atomic mass is 35.5. The van der Waals surface area contributed by atoms with Crippen LogP contribution in [0, 0.1) is 11.7 Å². The Balaban J connectivity index is 0.00000200. The first-order valence-electron chi connectivity index (χ1n) is 6.90. The van der Waals surface area contributed by atoms with Crippen molar-refractivity contribution in [3.63, 3.8) is 0 Å². The second kappa shape index (κ2) is 7.81. The van der Waals surface area contributed by atoms with Crippen molar-refractivity contribution in [2.24, 2.45) is 11.7 Å². The molecule has 0 saturated heterocycles. The van der Waals surface area contributed by atoms with Crippen LogP contribution in [0.15, 0.2) is 18.2 Å². The molecule has 0 amide bonds. The van der Waals surface area contributed by atoms with Crippen molar-refractivity contribution in [3.8, 4) is 5.75 Å². The van der Waals surface area contributed by atoms with Crippen molar-refractivity contribution in [2.45, 2.75) is 44.2 Å². The summed E-state index contributed by atoms with van der Waals surface area (Å²) in [7, 11) is 1.53. The molecule has 0 aliphatic heterocycles. The van der Waals surface area contributed by atoms with Crippen molar-refractivity contribution >= 4 is 12.4 Å². The molecule has 1 fully saturated rings. The van der Waals surface area contributed by atoms with Crippen LogP contribution in [0.2, 0.25) is 0 Å². The zero-order chi connectivity index (χ0) is 13.8. The molecule has 3 nitrogen and oxygen atoms in total. The van der Waals surface area contributed by atoms with Gasteiger partial charge in [-0.15, -0.1) is 12.4 Å². The molecule has 20 heavy (non-hydrogen) atoms. The van der Waals surface area contributed by atoms with Crippen LogP contribution in [0.5, 0.6) is 5.75 Å². The van der Waals surface area contributed by atoms with Gasteiger partial charge in [0, 0.05) is 5.56 Å². The summed E-state index contributed by atoms with van der Waals surface area (Å²) >= 11 is 0. The van der Waals surface area contributed by atoms with Gasteiger partial charge in [-0.25, -0.2) is 4.39 Å². The molecule has 2 atom stereocenters. The first-order valence-corrected chi connectivity index (χ1v) is 6.90. The molecule has 114 valence electrons. The van der Waals surface area contributed by atoms with Gasteiger partial charge in [0.2, 0.25) is 0 Å². The summed E-state index contributed by atoms with van der Waals surface area (Å²) in [5.41, 5.74) is 6.38. The molecule has 1 aromatic rings. The Labute approximate surface area is 125 Å². The number of ether oxygens (including phenoxy) is 1. The molecule has 1 aliphatic rings. The third-order valence-electron chi connectivity index (χ3n) is 4.06. The van der Waals surface area contributed by atoms with E-state index in [-0.39, 0.29) is 24.1 Å². The standard InChI is InChI=1S/C15H22FNO2.ClH/c1-19-11-7-8-13(16)12(9-11)14(17)15(18)10-5-3-2-4-6-10;/h7-10,14-15,18H,2-6,17H2,1H3;1H/t14-,15+;/m0./s1. The van der Waals surface area contributed by atoms with Gasteiger partial charge in [-0.3, -0.25) is 0 Å². The number of aliphatic hydroxyl groups is 1. The number of halogens is 2. The van der Waals surface area contributed by atoms with Crippen LogP contribution in [-0.2, 0) is 0 Å². The highest BCUT2D eigenvalue weighted by Gasteiger charge is 2.29. The smallest absolute Gasteiger partial charge is 0.128 e. The molecule has 1 aliphatic carbocycles. The molecule has 1 saturated carbocycles. The summed E-state index contributed by atoms with van der Waals surface area (Å²) in [6.07, 6.45) is 4.71. The van der Waals surface area contributed by atoms with E-state index in [1.54, 1.807) is 12.1 Å². The summed E-state index contributed by atoms with van der Waals surface area (Å²) in [6.45, 7) is 0. The van der Waals surface area contributed by atoms with E-state index in [4.69, 9.17) is 10.5 Å². The number of nitrogens with two attached hydrogens (primary N) is 1. The Morgan fingerprint density at radius 1 is 1.30 bits per heavy atom. The number of rotatable bonds is 4. The van der Waals surface area contributed by atoms with E-state index in [2.05, 4.69) is 0 Å². The van der Waals surface area contributed by atoms with Crippen LogP contribution < -0.4 is 10.5 Å². The highest BCUT2D eigenvalue weighted by Crippen LogP contribution is 2.33. The van der Waals surface area contributed by atoms with Crippen LogP contribution in [0.3, 0.4) is 0 Å². The van der Waals surface area contributed by atoms with Gasteiger partial charge in [-0.2, -0.15) is 0 Å². The van der Waals surface area contributed by atoms with Gasteiger partial charge in [-0.05, 0) is 37.0 Å². The third kappa shape index (κ3) is 3.84. The summed E-state index contributed by atoms with van der Waals surface area (Å²) in [4.78, 5) is 0.